The van der Waals surface area contributed by atoms with E-state index in [2.05, 4.69) is 5.32 Å². The lowest BCUT2D eigenvalue weighted by Crippen LogP contribution is -2.34. The SMILES string of the molecule is O=C(O)Cc1ccccc1CNC(=O)C1CCCCS1. The lowest BCUT2D eigenvalue weighted by Gasteiger charge is -2.20. The number of benzene rings is 1. The molecule has 1 atom stereocenters. The van der Waals surface area contributed by atoms with Crippen molar-refractivity contribution in [3.8, 4) is 0 Å². The standard InChI is InChI=1S/C15H19NO3S/c17-14(18)9-11-5-1-2-6-12(11)10-16-15(19)13-7-3-4-8-20-13/h1-2,5-6,13H,3-4,7-10H2,(H,16,19)(H,17,18). The van der Waals surface area contributed by atoms with Crippen LogP contribution >= 0.6 is 11.8 Å². The number of aliphatic carboxylic acids is 1. The summed E-state index contributed by atoms with van der Waals surface area (Å²) in [4.78, 5) is 22.9. The number of rotatable bonds is 5. The first-order chi connectivity index (χ1) is 9.66. The smallest absolute Gasteiger partial charge is 0.307 e. The van der Waals surface area contributed by atoms with E-state index in [1.807, 2.05) is 18.2 Å². The Bertz CT molecular complexity index is 484. The Morgan fingerprint density at radius 2 is 2.00 bits per heavy atom. The van der Waals surface area contributed by atoms with Crippen molar-refractivity contribution in [1.82, 2.24) is 5.32 Å². The summed E-state index contributed by atoms with van der Waals surface area (Å²) in [5.74, 6) is 0.264. The number of carboxylic acids is 1. The molecular weight excluding hydrogens is 274 g/mol. The Kier molecular flexibility index (Phi) is 5.47. The maximum absolute atomic E-state index is 12.1. The van der Waals surface area contributed by atoms with Crippen LogP contribution in [0.4, 0.5) is 0 Å². The van der Waals surface area contributed by atoms with E-state index in [4.69, 9.17) is 5.11 Å². The zero-order valence-electron chi connectivity index (χ0n) is 11.3. The zero-order valence-corrected chi connectivity index (χ0v) is 12.1. The number of nitrogens with one attached hydrogen (secondary N) is 1. The second-order valence-electron chi connectivity index (χ2n) is 4.91. The maximum Gasteiger partial charge on any atom is 0.307 e. The van der Waals surface area contributed by atoms with Crippen LogP contribution in [0.15, 0.2) is 24.3 Å². The van der Waals surface area contributed by atoms with Crippen molar-refractivity contribution in [2.75, 3.05) is 5.75 Å². The molecule has 0 aromatic heterocycles. The molecule has 1 fully saturated rings. The molecule has 1 aromatic rings. The van der Waals surface area contributed by atoms with E-state index in [0.717, 1.165) is 29.7 Å². The molecular formula is C15H19NO3S. The number of carbonyl (C=O) groups is 2. The van der Waals surface area contributed by atoms with E-state index in [-0.39, 0.29) is 17.6 Å². The highest BCUT2D eigenvalue weighted by Crippen LogP contribution is 2.25. The Hall–Kier alpha value is -1.49. The third-order valence-electron chi connectivity index (χ3n) is 3.39. The largest absolute Gasteiger partial charge is 0.481 e. The van der Waals surface area contributed by atoms with Crippen LogP contribution in [0.1, 0.15) is 30.4 Å². The molecule has 0 spiro atoms. The van der Waals surface area contributed by atoms with E-state index in [1.165, 1.54) is 6.42 Å². The Balaban J connectivity index is 1.92. The third kappa shape index (κ3) is 4.27. The van der Waals surface area contributed by atoms with Gasteiger partial charge in [-0.2, -0.15) is 0 Å². The third-order valence-corrected chi connectivity index (χ3v) is 4.76. The molecule has 0 bridgehead atoms. The molecule has 1 heterocycles. The number of hydrogen-bond acceptors (Lipinski definition) is 3. The van der Waals surface area contributed by atoms with Gasteiger partial charge in [0, 0.05) is 6.54 Å². The fourth-order valence-electron chi connectivity index (χ4n) is 2.31. The molecule has 2 rings (SSSR count). The predicted molar refractivity (Wildman–Crippen MR) is 79.7 cm³/mol. The van der Waals surface area contributed by atoms with Crippen LogP contribution < -0.4 is 5.32 Å². The molecule has 2 N–H and O–H groups in total. The van der Waals surface area contributed by atoms with Gasteiger partial charge in [0.1, 0.15) is 0 Å². The van der Waals surface area contributed by atoms with Crippen LogP contribution in [-0.4, -0.2) is 28.0 Å². The molecule has 1 amide bonds. The number of thioether (sulfide) groups is 1. The Labute approximate surface area is 123 Å². The lowest BCUT2D eigenvalue weighted by atomic mass is 10.0. The zero-order chi connectivity index (χ0) is 14.4. The quantitative estimate of drug-likeness (QED) is 0.873. The topological polar surface area (TPSA) is 66.4 Å². The Morgan fingerprint density at radius 1 is 1.25 bits per heavy atom. The molecule has 1 unspecified atom stereocenters. The van der Waals surface area contributed by atoms with Crippen molar-refractivity contribution in [2.45, 2.75) is 37.5 Å². The fraction of sp³-hybridized carbons (Fsp3) is 0.467. The number of carbonyl (C=O) groups excluding carboxylic acids is 1. The molecule has 4 nitrogen and oxygen atoms in total. The van der Waals surface area contributed by atoms with E-state index >= 15 is 0 Å². The van der Waals surface area contributed by atoms with Crippen LogP contribution in [0.3, 0.4) is 0 Å². The molecule has 1 aliphatic heterocycles. The first kappa shape index (κ1) is 14.9. The van der Waals surface area contributed by atoms with Gasteiger partial charge in [-0.3, -0.25) is 9.59 Å². The molecule has 1 aliphatic rings. The molecule has 1 saturated heterocycles. The average molecular weight is 293 g/mol. The van der Waals surface area contributed by atoms with Gasteiger partial charge in [0.15, 0.2) is 0 Å². The lowest BCUT2D eigenvalue weighted by molar-refractivity contribution is -0.136. The van der Waals surface area contributed by atoms with Crippen molar-refractivity contribution >= 4 is 23.6 Å². The normalized spacial score (nSPS) is 18.5. The van der Waals surface area contributed by atoms with Gasteiger partial charge in [0.2, 0.25) is 5.91 Å². The summed E-state index contributed by atoms with van der Waals surface area (Å²) in [5.41, 5.74) is 1.64. The average Bonchev–Trinajstić information content (AvgIpc) is 2.46. The van der Waals surface area contributed by atoms with E-state index < -0.39 is 5.97 Å². The molecule has 5 heteroatoms. The number of hydrogen-bond donors (Lipinski definition) is 2. The van der Waals surface area contributed by atoms with Gasteiger partial charge in [-0.05, 0) is 29.7 Å². The van der Waals surface area contributed by atoms with Crippen molar-refractivity contribution in [3.05, 3.63) is 35.4 Å². The summed E-state index contributed by atoms with van der Waals surface area (Å²) < 4.78 is 0. The molecule has 20 heavy (non-hydrogen) atoms. The van der Waals surface area contributed by atoms with Gasteiger partial charge in [-0.1, -0.05) is 30.7 Å². The van der Waals surface area contributed by atoms with Crippen LogP contribution in [0.25, 0.3) is 0 Å². The molecule has 0 saturated carbocycles. The monoisotopic (exact) mass is 293 g/mol. The summed E-state index contributed by atoms with van der Waals surface area (Å²) >= 11 is 1.72. The highest BCUT2D eigenvalue weighted by molar-refractivity contribution is 8.00. The van der Waals surface area contributed by atoms with E-state index in [9.17, 15) is 9.59 Å². The van der Waals surface area contributed by atoms with Gasteiger partial charge in [0.25, 0.3) is 0 Å². The van der Waals surface area contributed by atoms with Gasteiger partial charge in [-0.15, -0.1) is 11.8 Å². The van der Waals surface area contributed by atoms with Crippen molar-refractivity contribution in [2.24, 2.45) is 0 Å². The van der Waals surface area contributed by atoms with E-state index in [1.54, 1.807) is 17.8 Å². The van der Waals surface area contributed by atoms with Crippen molar-refractivity contribution in [1.29, 1.82) is 0 Å². The summed E-state index contributed by atoms with van der Waals surface area (Å²) in [7, 11) is 0. The molecule has 108 valence electrons. The van der Waals surface area contributed by atoms with Crippen LogP contribution in [0, 0.1) is 0 Å². The Morgan fingerprint density at radius 3 is 2.65 bits per heavy atom. The van der Waals surface area contributed by atoms with Gasteiger partial charge in [0.05, 0.1) is 11.7 Å². The van der Waals surface area contributed by atoms with Crippen LogP contribution in [0.5, 0.6) is 0 Å². The second kappa shape index (κ2) is 7.33. The summed E-state index contributed by atoms with van der Waals surface area (Å²) in [6.45, 7) is 0.402. The van der Waals surface area contributed by atoms with Crippen molar-refractivity contribution < 1.29 is 14.7 Å². The summed E-state index contributed by atoms with van der Waals surface area (Å²) in [6, 6.07) is 7.35. The van der Waals surface area contributed by atoms with Crippen LogP contribution in [0.2, 0.25) is 0 Å². The van der Waals surface area contributed by atoms with Gasteiger partial charge in [-0.25, -0.2) is 0 Å². The second-order valence-corrected chi connectivity index (χ2v) is 6.22. The summed E-state index contributed by atoms with van der Waals surface area (Å²) in [6.07, 6.45) is 3.23. The molecule has 0 radical (unpaired) electrons. The number of carboxylic acid groups (broad SMARTS) is 1. The first-order valence-corrected chi connectivity index (χ1v) is 7.89. The van der Waals surface area contributed by atoms with Crippen molar-refractivity contribution in [3.63, 3.8) is 0 Å². The fourth-order valence-corrected chi connectivity index (χ4v) is 3.53. The highest BCUT2D eigenvalue weighted by Gasteiger charge is 2.21. The highest BCUT2D eigenvalue weighted by atomic mass is 32.2. The minimum absolute atomic E-state index is 0.00970. The summed E-state index contributed by atoms with van der Waals surface area (Å²) in [5, 5.41) is 11.9. The van der Waals surface area contributed by atoms with Gasteiger partial charge < -0.3 is 10.4 Å². The minimum Gasteiger partial charge on any atom is -0.481 e. The van der Waals surface area contributed by atoms with E-state index in [0.29, 0.717) is 6.54 Å². The first-order valence-electron chi connectivity index (χ1n) is 6.84. The van der Waals surface area contributed by atoms with Gasteiger partial charge >= 0.3 is 5.97 Å². The molecule has 0 aliphatic carbocycles. The predicted octanol–water partition coefficient (Wildman–Crippen LogP) is 2.22. The number of amides is 1. The minimum atomic E-state index is -0.855. The maximum atomic E-state index is 12.1. The van der Waals surface area contributed by atoms with Crippen LogP contribution in [-0.2, 0) is 22.6 Å². The molecule has 1 aromatic carbocycles.